The summed E-state index contributed by atoms with van der Waals surface area (Å²) >= 11 is 6.40. The first-order valence-corrected chi connectivity index (χ1v) is 11.3. The largest absolute Gasteiger partial charge is 0.489 e. The van der Waals surface area contributed by atoms with E-state index in [-0.39, 0.29) is 18.1 Å². The molecule has 0 saturated carbocycles. The minimum Gasteiger partial charge on any atom is -0.489 e. The second kappa shape index (κ2) is 10.3. The Morgan fingerprint density at radius 3 is 2.50 bits per heavy atom. The zero-order valence-corrected chi connectivity index (χ0v) is 18.0. The summed E-state index contributed by atoms with van der Waals surface area (Å²) in [6.07, 6.45) is 4.06. The van der Waals surface area contributed by atoms with Gasteiger partial charge in [0.05, 0.1) is 5.02 Å². The minimum atomic E-state index is -0.0631. The second-order valence-corrected chi connectivity index (χ2v) is 8.63. The lowest BCUT2D eigenvalue weighted by Gasteiger charge is -2.32. The summed E-state index contributed by atoms with van der Waals surface area (Å²) in [6, 6.07) is 16.1. The summed E-state index contributed by atoms with van der Waals surface area (Å²) in [6.45, 7) is 4.88. The fourth-order valence-corrected chi connectivity index (χ4v) is 4.40. The summed E-state index contributed by atoms with van der Waals surface area (Å²) in [7, 11) is 0. The summed E-state index contributed by atoms with van der Waals surface area (Å²) in [5.41, 5.74) is 1.92. The molecule has 0 spiro atoms. The van der Waals surface area contributed by atoms with Crippen LogP contribution >= 0.6 is 11.6 Å². The van der Waals surface area contributed by atoms with Gasteiger partial charge in [-0.15, -0.1) is 0 Å². The summed E-state index contributed by atoms with van der Waals surface area (Å²) < 4.78 is 6.02. The molecule has 0 unspecified atom stereocenters. The Balaban J connectivity index is 1.26. The van der Waals surface area contributed by atoms with Gasteiger partial charge in [-0.05, 0) is 62.5 Å². The first-order chi connectivity index (χ1) is 14.7. The topological polar surface area (TPSA) is 53.6 Å². The van der Waals surface area contributed by atoms with Crippen LogP contribution < -0.4 is 15.4 Å². The van der Waals surface area contributed by atoms with E-state index in [9.17, 15) is 4.79 Å². The van der Waals surface area contributed by atoms with Crippen LogP contribution in [0.25, 0.3) is 0 Å². The number of ether oxygens (including phenoxy) is 1. The zero-order chi connectivity index (χ0) is 20.8. The van der Waals surface area contributed by atoms with Gasteiger partial charge in [0.1, 0.15) is 11.9 Å². The van der Waals surface area contributed by atoms with Gasteiger partial charge in [-0.3, -0.25) is 9.69 Å². The highest BCUT2D eigenvalue weighted by atomic mass is 35.5. The standard InChI is InChI=1S/C24H30ClN3O2/c25-22-16-19(6-7-23(22)30-21-8-12-26-13-9-21)24(29)27-20-10-14-28(15-11-20)17-18-4-2-1-3-5-18/h1-7,16,20-21,26H,8-15,17H2,(H,27,29). The number of hydrogen-bond donors (Lipinski definition) is 2. The van der Waals surface area contributed by atoms with Crippen molar-refractivity contribution in [2.24, 2.45) is 0 Å². The predicted molar refractivity (Wildman–Crippen MR) is 120 cm³/mol. The normalized spacial score (nSPS) is 18.8. The van der Waals surface area contributed by atoms with E-state index in [1.807, 2.05) is 18.2 Å². The van der Waals surface area contributed by atoms with E-state index in [1.165, 1.54) is 5.56 Å². The smallest absolute Gasteiger partial charge is 0.251 e. The van der Waals surface area contributed by atoms with Gasteiger partial charge >= 0.3 is 0 Å². The van der Waals surface area contributed by atoms with E-state index in [2.05, 4.69) is 39.8 Å². The van der Waals surface area contributed by atoms with Crippen LogP contribution in [0.4, 0.5) is 0 Å². The van der Waals surface area contributed by atoms with E-state index in [1.54, 1.807) is 6.07 Å². The van der Waals surface area contributed by atoms with Crippen molar-refractivity contribution in [2.75, 3.05) is 26.2 Å². The molecule has 0 radical (unpaired) electrons. The third-order valence-electron chi connectivity index (χ3n) is 5.95. The first-order valence-electron chi connectivity index (χ1n) is 10.9. The van der Waals surface area contributed by atoms with Crippen LogP contribution in [0.5, 0.6) is 5.75 Å². The Hall–Kier alpha value is -2.08. The third kappa shape index (κ3) is 5.75. The van der Waals surface area contributed by atoms with Crippen molar-refractivity contribution in [1.82, 2.24) is 15.5 Å². The van der Waals surface area contributed by atoms with Crippen LogP contribution in [0, 0.1) is 0 Å². The molecule has 30 heavy (non-hydrogen) atoms. The molecule has 160 valence electrons. The molecule has 1 amide bonds. The molecule has 2 fully saturated rings. The number of nitrogens with one attached hydrogen (secondary N) is 2. The number of piperidine rings is 2. The lowest BCUT2D eigenvalue weighted by molar-refractivity contribution is 0.0909. The Kier molecular flexibility index (Phi) is 7.26. The number of carbonyl (C=O) groups is 1. The number of likely N-dealkylation sites (tertiary alicyclic amines) is 1. The zero-order valence-electron chi connectivity index (χ0n) is 17.3. The van der Waals surface area contributed by atoms with Gasteiger partial charge < -0.3 is 15.4 Å². The molecule has 2 aliphatic heterocycles. The molecule has 0 atom stereocenters. The molecule has 0 aromatic heterocycles. The molecule has 2 N–H and O–H groups in total. The van der Waals surface area contributed by atoms with Crippen LogP contribution in [-0.2, 0) is 6.54 Å². The maximum absolute atomic E-state index is 12.7. The molecule has 4 rings (SSSR count). The summed E-state index contributed by atoms with van der Waals surface area (Å²) in [5, 5.41) is 7.00. The fourth-order valence-electron chi connectivity index (χ4n) is 4.18. The Bertz CT molecular complexity index is 832. The number of hydrogen-bond acceptors (Lipinski definition) is 4. The quantitative estimate of drug-likeness (QED) is 0.734. The number of rotatable bonds is 6. The second-order valence-electron chi connectivity index (χ2n) is 8.22. The number of nitrogens with zero attached hydrogens (tertiary/aromatic N) is 1. The van der Waals surface area contributed by atoms with Crippen LogP contribution in [0.15, 0.2) is 48.5 Å². The average Bonchev–Trinajstić information content (AvgIpc) is 2.78. The molecule has 2 aliphatic rings. The fraction of sp³-hybridized carbons (Fsp3) is 0.458. The van der Waals surface area contributed by atoms with Crippen molar-refractivity contribution in [3.05, 3.63) is 64.7 Å². The lowest BCUT2D eigenvalue weighted by atomic mass is 10.0. The Morgan fingerprint density at radius 2 is 1.80 bits per heavy atom. The maximum Gasteiger partial charge on any atom is 0.251 e. The van der Waals surface area contributed by atoms with Crippen LogP contribution in [0.2, 0.25) is 5.02 Å². The summed E-state index contributed by atoms with van der Waals surface area (Å²) in [5.74, 6) is 0.598. The third-order valence-corrected chi connectivity index (χ3v) is 6.24. The van der Waals surface area contributed by atoms with E-state index >= 15 is 0 Å². The van der Waals surface area contributed by atoms with E-state index < -0.39 is 0 Å². The van der Waals surface area contributed by atoms with Gasteiger partial charge in [-0.25, -0.2) is 0 Å². The van der Waals surface area contributed by atoms with Gasteiger partial charge in [0.2, 0.25) is 0 Å². The molecular weight excluding hydrogens is 398 g/mol. The minimum absolute atomic E-state index is 0.0631. The number of benzene rings is 2. The van der Waals surface area contributed by atoms with Crippen molar-refractivity contribution < 1.29 is 9.53 Å². The summed E-state index contributed by atoms with van der Waals surface area (Å²) in [4.78, 5) is 15.2. The molecule has 2 aromatic carbocycles. The van der Waals surface area contributed by atoms with Crippen molar-refractivity contribution in [3.8, 4) is 5.75 Å². The lowest BCUT2D eigenvalue weighted by Crippen LogP contribution is -2.44. The van der Waals surface area contributed by atoms with Crippen LogP contribution in [-0.4, -0.2) is 49.1 Å². The van der Waals surface area contributed by atoms with Gasteiger partial charge in [0.25, 0.3) is 5.91 Å². The Morgan fingerprint density at radius 1 is 1.07 bits per heavy atom. The Labute approximate surface area is 183 Å². The van der Waals surface area contributed by atoms with Crippen molar-refractivity contribution in [1.29, 1.82) is 0 Å². The van der Waals surface area contributed by atoms with Crippen LogP contribution in [0.1, 0.15) is 41.6 Å². The molecule has 6 heteroatoms. The van der Waals surface area contributed by atoms with Gasteiger partial charge in [-0.2, -0.15) is 0 Å². The van der Waals surface area contributed by atoms with Gasteiger partial charge in [0, 0.05) is 31.2 Å². The monoisotopic (exact) mass is 427 g/mol. The van der Waals surface area contributed by atoms with Gasteiger partial charge in [-0.1, -0.05) is 41.9 Å². The van der Waals surface area contributed by atoms with E-state index in [4.69, 9.17) is 16.3 Å². The number of halogens is 1. The average molecular weight is 428 g/mol. The molecule has 2 aromatic rings. The predicted octanol–water partition coefficient (Wildman–Crippen LogP) is 3.87. The molecule has 2 heterocycles. The highest BCUT2D eigenvalue weighted by Gasteiger charge is 2.22. The first kappa shape index (κ1) is 21.2. The van der Waals surface area contributed by atoms with Crippen LogP contribution in [0.3, 0.4) is 0 Å². The molecule has 0 bridgehead atoms. The van der Waals surface area contributed by atoms with Crippen molar-refractivity contribution in [3.63, 3.8) is 0 Å². The van der Waals surface area contributed by atoms with E-state index in [0.717, 1.165) is 58.4 Å². The number of amides is 1. The van der Waals surface area contributed by atoms with Crippen molar-refractivity contribution >= 4 is 17.5 Å². The molecular formula is C24H30ClN3O2. The molecule has 0 aliphatic carbocycles. The SMILES string of the molecule is O=C(NC1CCN(Cc2ccccc2)CC1)c1ccc(OC2CCNCC2)c(Cl)c1. The van der Waals surface area contributed by atoms with Gasteiger partial charge in [0.15, 0.2) is 0 Å². The van der Waals surface area contributed by atoms with Crippen molar-refractivity contribution in [2.45, 2.75) is 44.4 Å². The highest BCUT2D eigenvalue weighted by Crippen LogP contribution is 2.28. The highest BCUT2D eigenvalue weighted by molar-refractivity contribution is 6.32. The number of carbonyl (C=O) groups excluding carboxylic acids is 1. The molecule has 2 saturated heterocycles. The maximum atomic E-state index is 12.7. The molecule has 5 nitrogen and oxygen atoms in total. The van der Waals surface area contributed by atoms with E-state index in [0.29, 0.717) is 16.3 Å².